The molecule has 0 bridgehead atoms. The summed E-state index contributed by atoms with van der Waals surface area (Å²) >= 11 is 1.78. The largest absolute Gasteiger partial charge is 0.329 e. The molecule has 0 atom stereocenters. The summed E-state index contributed by atoms with van der Waals surface area (Å²) in [6, 6.07) is 8.79. The highest BCUT2D eigenvalue weighted by molar-refractivity contribution is 7.18. The second-order valence-electron chi connectivity index (χ2n) is 4.43. The lowest BCUT2D eigenvalue weighted by molar-refractivity contribution is 0.219. The van der Waals surface area contributed by atoms with E-state index < -0.39 is 0 Å². The highest BCUT2D eigenvalue weighted by atomic mass is 32.1. The van der Waals surface area contributed by atoms with Crippen molar-refractivity contribution in [3.8, 4) is 0 Å². The van der Waals surface area contributed by atoms with Crippen LogP contribution in [0.25, 0.3) is 10.2 Å². The van der Waals surface area contributed by atoms with Crippen LogP contribution in [0.5, 0.6) is 0 Å². The van der Waals surface area contributed by atoms with Crippen LogP contribution in [0.2, 0.25) is 0 Å². The Kier molecular flexibility index (Phi) is 4.10. The predicted molar refractivity (Wildman–Crippen MR) is 74.2 cm³/mol. The number of aromatic nitrogens is 1. The van der Waals surface area contributed by atoms with E-state index in [2.05, 4.69) is 41.9 Å². The molecule has 1 aromatic carbocycles. The van der Waals surface area contributed by atoms with Crippen molar-refractivity contribution in [2.24, 2.45) is 5.73 Å². The van der Waals surface area contributed by atoms with Crippen molar-refractivity contribution >= 4 is 21.6 Å². The monoisotopic (exact) mass is 249 g/mol. The molecule has 0 aliphatic rings. The lowest BCUT2D eigenvalue weighted by Crippen LogP contribution is -2.34. The number of fused-ring (bicyclic) bond motifs is 1. The molecule has 0 unspecified atom stereocenters. The Morgan fingerprint density at radius 1 is 1.35 bits per heavy atom. The van der Waals surface area contributed by atoms with E-state index in [1.165, 1.54) is 9.71 Å². The van der Waals surface area contributed by atoms with Gasteiger partial charge in [0.25, 0.3) is 0 Å². The standard InChI is InChI=1S/C13H19N3S/c1-10(2)16(8-7-14)9-13-15-11-5-3-4-6-12(11)17-13/h3-6,10H,7-9,14H2,1-2H3. The summed E-state index contributed by atoms with van der Waals surface area (Å²) in [5.74, 6) is 0. The van der Waals surface area contributed by atoms with Crippen LogP contribution in [0.1, 0.15) is 18.9 Å². The molecule has 0 fully saturated rings. The number of thiazole rings is 1. The van der Waals surface area contributed by atoms with Gasteiger partial charge in [-0.15, -0.1) is 11.3 Å². The maximum absolute atomic E-state index is 5.64. The van der Waals surface area contributed by atoms with E-state index in [-0.39, 0.29) is 0 Å². The second-order valence-corrected chi connectivity index (χ2v) is 5.54. The second kappa shape index (κ2) is 5.58. The molecule has 2 N–H and O–H groups in total. The summed E-state index contributed by atoms with van der Waals surface area (Å²) in [6.07, 6.45) is 0. The van der Waals surface area contributed by atoms with E-state index in [1.54, 1.807) is 11.3 Å². The smallest absolute Gasteiger partial charge is 0.108 e. The Hall–Kier alpha value is -0.970. The topological polar surface area (TPSA) is 42.1 Å². The first-order valence-corrected chi connectivity index (χ1v) is 6.81. The average molecular weight is 249 g/mol. The van der Waals surface area contributed by atoms with E-state index >= 15 is 0 Å². The van der Waals surface area contributed by atoms with Gasteiger partial charge in [0.1, 0.15) is 5.01 Å². The normalized spacial score (nSPS) is 11.8. The molecular formula is C13H19N3S. The molecule has 92 valence electrons. The van der Waals surface area contributed by atoms with Crippen molar-refractivity contribution in [2.45, 2.75) is 26.4 Å². The Bertz CT molecular complexity index is 445. The van der Waals surface area contributed by atoms with Gasteiger partial charge < -0.3 is 5.73 Å². The maximum atomic E-state index is 5.64. The quantitative estimate of drug-likeness (QED) is 0.885. The number of rotatable bonds is 5. The highest BCUT2D eigenvalue weighted by Crippen LogP contribution is 2.22. The zero-order chi connectivity index (χ0) is 12.3. The first-order chi connectivity index (χ1) is 8.20. The third-order valence-corrected chi connectivity index (χ3v) is 3.84. The number of hydrogen-bond donors (Lipinski definition) is 1. The minimum Gasteiger partial charge on any atom is -0.329 e. The van der Waals surface area contributed by atoms with Gasteiger partial charge in [-0.3, -0.25) is 4.90 Å². The van der Waals surface area contributed by atoms with Gasteiger partial charge >= 0.3 is 0 Å². The van der Waals surface area contributed by atoms with Crippen LogP contribution in [-0.4, -0.2) is 29.0 Å². The molecule has 0 aliphatic carbocycles. The van der Waals surface area contributed by atoms with Crippen molar-refractivity contribution in [2.75, 3.05) is 13.1 Å². The van der Waals surface area contributed by atoms with Gasteiger partial charge in [0, 0.05) is 19.1 Å². The van der Waals surface area contributed by atoms with Gasteiger partial charge in [0.15, 0.2) is 0 Å². The Labute approximate surface area is 106 Å². The summed E-state index contributed by atoms with van der Waals surface area (Å²) in [5, 5.41) is 1.17. The molecule has 0 saturated heterocycles. The van der Waals surface area contributed by atoms with Crippen LogP contribution in [0, 0.1) is 0 Å². The van der Waals surface area contributed by atoms with Gasteiger partial charge in [-0.25, -0.2) is 4.98 Å². The molecule has 0 radical (unpaired) electrons. The number of nitrogens with two attached hydrogens (primary N) is 1. The van der Waals surface area contributed by atoms with Crippen molar-refractivity contribution < 1.29 is 0 Å². The first-order valence-electron chi connectivity index (χ1n) is 5.99. The van der Waals surface area contributed by atoms with E-state index in [0.717, 1.165) is 18.6 Å². The van der Waals surface area contributed by atoms with Crippen molar-refractivity contribution in [1.29, 1.82) is 0 Å². The van der Waals surface area contributed by atoms with Crippen LogP contribution in [-0.2, 0) is 6.54 Å². The zero-order valence-electron chi connectivity index (χ0n) is 10.4. The fraction of sp³-hybridized carbons (Fsp3) is 0.462. The Morgan fingerprint density at radius 3 is 2.76 bits per heavy atom. The number of nitrogens with zero attached hydrogens (tertiary/aromatic N) is 2. The van der Waals surface area contributed by atoms with Gasteiger partial charge in [-0.2, -0.15) is 0 Å². The van der Waals surface area contributed by atoms with Crippen LogP contribution in [0.4, 0.5) is 0 Å². The summed E-state index contributed by atoms with van der Waals surface area (Å²) in [5.41, 5.74) is 6.74. The molecule has 0 amide bonds. The fourth-order valence-corrected chi connectivity index (χ4v) is 2.84. The van der Waals surface area contributed by atoms with E-state index in [1.807, 2.05) is 6.07 Å². The molecule has 1 heterocycles. The molecule has 0 aliphatic heterocycles. The van der Waals surface area contributed by atoms with Gasteiger partial charge in [-0.05, 0) is 26.0 Å². The summed E-state index contributed by atoms with van der Waals surface area (Å²) in [4.78, 5) is 7.01. The Balaban J connectivity index is 2.16. The minimum absolute atomic E-state index is 0.505. The highest BCUT2D eigenvalue weighted by Gasteiger charge is 2.12. The summed E-state index contributed by atoms with van der Waals surface area (Å²) in [7, 11) is 0. The molecule has 0 spiro atoms. The van der Waals surface area contributed by atoms with E-state index in [9.17, 15) is 0 Å². The van der Waals surface area contributed by atoms with Gasteiger partial charge in [-0.1, -0.05) is 12.1 Å². The molecule has 4 heteroatoms. The molecule has 2 rings (SSSR count). The minimum atomic E-state index is 0.505. The maximum Gasteiger partial charge on any atom is 0.108 e. The third kappa shape index (κ3) is 3.03. The van der Waals surface area contributed by atoms with Crippen LogP contribution >= 0.6 is 11.3 Å². The zero-order valence-corrected chi connectivity index (χ0v) is 11.2. The van der Waals surface area contributed by atoms with Crippen LogP contribution < -0.4 is 5.73 Å². The van der Waals surface area contributed by atoms with E-state index in [0.29, 0.717) is 12.6 Å². The molecule has 3 nitrogen and oxygen atoms in total. The van der Waals surface area contributed by atoms with Crippen molar-refractivity contribution in [1.82, 2.24) is 9.88 Å². The lowest BCUT2D eigenvalue weighted by Gasteiger charge is -2.24. The summed E-state index contributed by atoms with van der Waals surface area (Å²) < 4.78 is 1.26. The molecule has 17 heavy (non-hydrogen) atoms. The molecule has 2 aromatic rings. The number of benzene rings is 1. The Morgan fingerprint density at radius 2 is 2.12 bits per heavy atom. The van der Waals surface area contributed by atoms with Crippen molar-refractivity contribution in [3.05, 3.63) is 29.3 Å². The lowest BCUT2D eigenvalue weighted by atomic mass is 10.3. The summed E-state index contributed by atoms with van der Waals surface area (Å²) in [6.45, 7) is 6.91. The van der Waals surface area contributed by atoms with Crippen LogP contribution in [0.15, 0.2) is 24.3 Å². The van der Waals surface area contributed by atoms with Gasteiger partial charge in [0.2, 0.25) is 0 Å². The predicted octanol–water partition coefficient (Wildman–Crippen LogP) is 2.47. The average Bonchev–Trinajstić information content (AvgIpc) is 2.70. The molecular weight excluding hydrogens is 230 g/mol. The fourth-order valence-electron chi connectivity index (χ4n) is 1.85. The first kappa shape index (κ1) is 12.5. The number of hydrogen-bond acceptors (Lipinski definition) is 4. The van der Waals surface area contributed by atoms with E-state index in [4.69, 9.17) is 5.73 Å². The molecule has 1 aromatic heterocycles. The molecule has 0 saturated carbocycles. The number of para-hydroxylation sites is 1. The van der Waals surface area contributed by atoms with Crippen molar-refractivity contribution in [3.63, 3.8) is 0 Å². The third-order valence-electron chi connectivity index (χ3n) is 2.82. The SMILES string of the molecule is CC(C)N(CCN)Cc1nc2ccccc2s1. The van der Waals surface area contributed by atoms with Gasteiger partial charge in [0.05, 0.1) is 16.8 Å². The van der Waals surface area contributed by atoms with Crippen LogP contribution in [0.3, 0.4) is 0 Å².